The number of piperidine rings is 1. The van der Waals surface area contributed by atoms with Crippen molar-refractivity contribution >= 4 is 33.2 Å². The van der Waals surface area contributed by atoms with Crippen LogP contribution in [0, 0.1) is 12.8 Å². The second kappa shape index (κ2) is 9.41. The molecule has 2 saturated heterocycles. The Balaban J connectivity index is 1.39. The number of amides is 1. The van der Waals surface area contributed by atoms with Gasteiger partial charge in [-0.15, -0.1) is 0 Å². The van der Waals surface area contributed by atoms with E-state index in [4.69, 9.17) is 11.6 Å². The Labute approximate surface area is 194 Å². The van der Waals surface area contributed by atoms with Crippen molar-refractivity contribution in [3.8, 4) is 0 Å². The second-order valence-corrected chi connectivity index (χ2v) is 10.8. The first-order valence-corrected chi connectivity index (χ1v) is 12.9. The molecule has 1 amide bonds. The molecule has 2 fully saturated rings. The van der Waals surface area contributed by atoms with Crippen molar-refractivity contribution in [1.29, 1.82) is 0 Å². The van der Waals surface area contributed by atoms with Crippen LogP contribution in [-0.2, 0) is 21.4 Å². The Bertz CT molecular complexity index is 1080. The second-order valence-electron chi connectivity index (χ2n) is 8.49. The van der Waals surface area contributed by atoms with Crippen molar-refractivity contribution in [3.63, 3.8) is 0 Å². The molecule has 1 aromatic heterocycles. The summed E-state index contributed by atoms with van der Waals surface area (Å²) in [6, 6.07) is 5.86. The number of nitrogens with zero attached hydrogens (tertiary/aromatic N) is 5. The van der Waals surface area contributed by atoms with Crippen molar-refractivity contribution in [2.75, 3.05) is 44.2 Å². The zero-order valence-electron chi connectivity index (χ0n) is 18.6. The monoisotopic (exact) mass is 479 g/mol. The molecule has 1 aromatic carbocycles. The Morgan fingerprint density at radius 3 is 2.62 bits per heavy atom. The molecule has 174 valence electrons. The van der Waals surface area contributed by atoms with Crippen molar-refractivity contribution in [2.45, 2.75) is 38.3 Å². The van der Waals surface area contributed by atoms with Gasteiger partial charge in [0.05, 0.1) is 12.2 Å². The number of anilines is 1. The zero-order chi connectivity index (χ0) is 22.9. The van der Waals surface area contributed by atoms with Gasteiger partial charge in [-0.2, -0.15) is 4.31 Å². The summed E-state index contributed by atoms with van der Waals surface area (Å²) in [6.07, 6.45) is 4.46. The fourth-order valence-electron chi connectivity index (χ4n) is 4.49. The molecule has 4 rings (SSSR count). The molecule has 0 N–H and O–H groups in total. The highest BCUT2D eigenvalue weighted by molar-refractivity contribution is 7.89. The SMILES string of the molecule is CCn1cnc(S(=O)(=O)N2CCCC(C(=O)N3CCN(c4cc(Cl)ccc4C)CC3)C2)c1. The zero-order valence-corrected chi connectivity index (χ0v) is 20.1. The number of sulfonamides is 1. The smallest absolute Gasteiger partial charge is 0.262 e. The van der Waals surface area contributed by atoms with E-state index in [1.165, 1.54) is 10.6 Å². The molecule has 0 aliphatic carbocycles. The number of aromatic nitrogens is 2. The van der Waals surface area contributed by atoms with Gasteiger partial charge in [0.15, 0.2) is 5.03 Å². The van der Waals surface area contributed by atoms with E-state index in [-0.39, 0.29) is 23.4 Å². The van der Waals surface area contributed by atoms with Crippen LogP contribution in [0.1, 0.15) is 25.3 Å². The van der Waals surface area contributed by atoms with Crippen LogP contribution in [0.3, 0.4) is 0 Å². The number of imidazole rings is 1. The maximum atomic E-state index is 13.2. The molecule has 2 aliphatic heterocycles. The van der Waals surface area contributed by atoms with Crippen LogP contribution in [0.4, 0.5) is 5.69 Å². The highest BCUT2D eigenvalue weighted by Gasteiger charge is 2.36. The highest BCUT2D eigenvalue weighted by Crippen LogP contribution is 2.27. The van der Waals surface area contributed by atoms with Crippen molar-refractivity contribution < 1.29 is 13.2 Å². The van der Waals surface area contributed by atoms with Crippen LogP contribution >= 0.6 is 11.6 Å². The van der Waals surface area contributed by atoms with E-state index in [0.717, 1.165) is 24.3 Å². The lowest BCUT2D eigenvalue weighted by Gasteiger charge is -2.39. The third-order valence-electron chi connectivity index (χ3n) is 6.42. The highest BCUT2D eigenvalue weighted by atomic mass is 35.5. The molecule has 0 radical (unpaired) electrons. The molecule has 0 saturated carbocycles. The Morgan fingerprint density at radius 1 is 1.19 bits per heavy atom. The van der Waals surface area contributed by atoms with Crippen LogP contribution in [0.2, 0.25) is 5.02 Å². The predicted octanol–water partition coefficient (Wildman–Crippen LogP) is 2.61. The minimum absolute atomic E-state index is 0.0476. The summed E-state index contributed by atoms with van der Waals surface area (Å²) in [4.78, 5) is 21.4. The van der Waals surface area contributed by atoms with Gasteiger partial charge in [-0.1, -0.05) is 17.7 Å². The number of aryl methyl sites for hydroxylation is 2. The van der Waals surface area contributed by atoms with Gasteiger partial charge < -0.3 is 14.4 Å². The quantitative estimate of drug-likeness (QED) is 0.658. The van der Waals surface area contributed by atoms with Gasteiger partial charge in [-0.3, -0.25) is 4.79 Å². The molecule has 32 heavy (non-hydrogen) atoms. The predicted molar refractivity (Wildman–Crippen MR) is 124 cm³/mol. The summed E-state index contributed by atoms with van der Waals surface area (Å²) >= 11 is 6.17. The summed E-state index contributed by atoms with van der Waals surface area (Å²) in [6.45, 7) is 7.99. The summed E-state index contributed by atoms with van der Waals surface area (Å²) < 4.78 is 29.2. The summed E-state index contributed by atoms with van der Waals surface area (Å²) in [5, 5.41) is 0.759. The van der Waals surface area contributed by atoms with Crippen molar-refractivity contribution in [2.24, 2.45) is 5.92 Å². The van der Waals surface area contributed by atoms with Gasteiger partial charge in [0.1, 0.15) is 0 Å². The Hall–Kier alpha value is -2.10. The van der Waals surface area contributed by atoms with E-state index in [0.29, 0.717) is 44.0 Å². The molecule has 2 aliphatic rings. The van der Waals surface area contributed by atoms with Gasteiger partial charge in [-0.25, -0.2) is 13.4 Å². The molecule has 0 bridgehead atoms. The molecular weight excluding hydrogens is 450 g/mol. The van der Waals surface area contributed by atoms with Crippen LogP contribution in [0.25, 0.3) is 0 Å². The van der Waals surface area contributed by atoms with Gasteiger partial charge in [-0.05, 0) is 44.4 Å². The van der Waals surface area contributed by atoms with E-state index >= 15 is 0 Å². The van der Waals surface area contributed by atoms with E-state index in [1.54, 1.807) is 10.8 Å². The maximum absolute atomic E-state index is 13.2. The number of benzene rings is 1. The van der Waals surface area contributed by atoms with E-state index in [2.05, 4.69) is 16.8 Å². The number of hydrogen-bond donors (Lipinski definition) is 0. The minimum Gasteiger partial charge on any atom is -0.368 e. The molecule has 1 unspecified atom stereocenters. The lowest BCUT2D eigenvalue weighted by atomic mass is 9.97. The number of carbonyl (C=O) groups is 1. The third-order valence-corrected chi connectivity index (χ3v) is 8.40. The topological polar surface area (TPSA) is 78.8 Å². The van der Waals surface area contributed by atoms with Gasteiger partial charge >= 0.3 is 0 Å². The number of rotatable bonds is 5. The van der Waals surface area contributed by atoms with E-state index < -0.39 is 10.0 Å². The van der Waals surface area contributed by atoms with E-state index in [9.17, 15) is 13.2 Å². The Kier molecular flexibility index (Phi) is 6.78. The first-order valence-electron chi connectivity index (χ1n) is 11.1. The normalized spacial score (nSPS) is 20.5. The van der Waals surface area contributed by atoms with Crippen molar-refractivity contribution in [3.05, 3.63) is 41.3 Å². The minimum atomic E-state index is -3.69. The van der Waals surface area contributed by atoms with Crippen LogP contribution in [0.15, 0.2) is 35.7 Å². The molecule has 2 aromatic rings. The molecule has 10 heteroatoms. The van der Waals surface area contributed by atoms with Gasteiger partial charge in [0.2, 0.25) is 5.91 Å². The number of piperazine rings is 1. The molecule has 1 atom stereocenters. The molecular formula is C22H30ClN5O3S. The fraction of sp³-hybridized carbons (Fsp3) is 0.545. The van der Waals surface area contributed by atoms with Crippen LogP contribution in [-0.4, -0.2) is 72.3 Å². The average molecular weight is 480 g/mol. The maximum Gasteiger partial charge on any atom is 0.262 e. The molecule has 8 nitrogen and oxygen atoms in total. The molecule has 0 spiro atoms. The first-order chi connectivity index (χ1) is 15.3. The first kappa shape index (κ1) is 23.1. The number of halogens is 1. The number of carbonyl (C=O) groups excluding carboxylic acids is 1. The Morgan fingerprint density at radius 2 is 1.94 bits per heavy atom. The van der Waals surface area contributed by atoms with Crippen LogP contribution < -0.4 is 4.90 Å². The third kappa shape index (κ3) is 4.65. The lowest BCUT2D eigenvalue weighted by Crippen LogP contribution is -2.53. The largest absolute Gasteiger partial charge is 0.368 e. The average Bonchev–Trinajstić information content (AvgIpc) is 3.31. The van der Waals surface area contributed by atoms with Crippen LogP contribution in [0.5, 0.6) is 0 Å². The number of hydrogen-bond acceptors (Lipinski definition) is 5. The fourth-order valence-corrected chi connectivity index (χ4v) is 6.11. The summed E-state index contributed by atoms with van der Waals surface area (Å²) in [5.41, 5.74) is 2.26. The lowest BCUT2D eigenvalue weighted by molar-refractivity contribution is -0.137. The van der Waals surface area contributed by atoms with Gasteiger partial charge in [0.25, 0.3) is 10.0 Å². The summed E-state index contributed by atoms with van der Waals surface area (Å²) in [7, 11) is -3.69. The summed E-state index contributed by atoms with van der Waals surface area (Å²) in [5.74, 6) is -0.266. The van der Waals surface area contributed by atoms with E-state index in [1.807, 2.05) is 30.0 Å². The molecule has 3 heterocycles. The standard InChI is InChI=1S/C22H30ClN5O3S/c1-3-25-15-21(24-16-25)32(30,31)28-8-4-5-18(14-28)22(29)27-11-9-26(10-12-27)20-13-19(23)7-6-17(20)2/h6-7,13,15-16,18H,3-5,8-12,14H2,1-2H3. The van der Waals surface area contributed by atoms with Gasteiger partial charge in [0, 0.05) is 62.7 Å². The van der Waals surface area contributed by atoms with Crippen molar-refractivity contribution in [1.82, 2.24) is 18.8 Å².